The van der Waals surface area contributed by atoms with E-state index in [1.54, 1.807) is 30.3 Å². The second-order valence-corrected chi connectivity index (χ2v) is 7.26. The molecule has 0 saturated carbocycles. The van der Waals surface area contributed by atoms with E-state index in [1.165, 1.54) is 18.3 Å². The van der Waals surface area contributed by atoms with Gasteiger partial charge in [-0.2, -0.15) is 0 Å². The molecule has 0 atom stereocenters. The topological polar surface area (TPSA) is 91.3 Å². The average Bonchev–Trinajstić information content (AvgIpc) is 3.00. The van der Waals surface area contributed by atoms with Gasteiger partial charge in [-0.15, -0.1) is 11.3 Å². The van der Waals surface area contributed by atoms with Crippen molar-refractivity contribution in [3.63, 3.8) is 0 Å². The van der Waals surface area contributed by atoms with Gasteiger partial charge >= 0.3 is 0 Å². The third-order valence-electron chi connectivity index (χ3n) is 3.81. The van der Waals surface area contributed by atoms with E-state index < -0.39 is 0 Å². The first-order valence-electron chi connectivity index (χ1n) is 8.34. The molecule has 1 heterocycles. The summed E-state index contributed by atoms with van der Waals surface area (Å²) in [5.41, 5.74) is 2.97. The highest BCUT2D eigenvalue weighted by molar-refractivity contribution is 7.16. The third-order valence-corrected chi connectivity index (χ3v) is 4.70. The van der Waals surface area contributed by atoms with Crippen LogP contribution in [-0.4, -0.2) is 28.3 Å². The van der Waals surface area contributed by atoms with Crippen LogP contribution in [0.5, 0.6) is 5.75 Å². The molecule has 3 rings (SSSR count). The summed E-state index contributed by atoms with van der Waals surface area (Å²) in [6.07, 6.45) is 0. The Kier molecular flexibility index (Phi) is 5.52. The SMILES string of the molecule is CC(=O)CNC(=O)c1cccc(Nc2nc(-c3ccc(O)cc3)c(C)s2)c1. The zero-order valence-electron chi connectivity index (χ0n) is 14.9. The van der Waals surface area contributed by atoms with E-state index in [4.69, 9.17) is 0 Å². The maximum Gasteiger partial charge on any atom is 0.251 e. The van der Waals surface area contributed by atoms with Crippen molar-refractivity contribution in [3.05, 3.63) is 59.0 Å². The highest BCUT2D eigenvalue weighted by Crippen LogP contribution is 2.32. The molecular weight excluding hydrogens is 362 g/mol. The molecule has 3 aromatic rings. The fourth-order valence-corrected chi connectivity index (χ4v) is 3.36. The molecule has 6 nitrogen and oxygen atoms in total. The first-order chi connectivity index (χ1) is 12.9. The van der Waals surface area contributed by atoms with Crippen LogP contribution in [0, 0.1) is 6.92 Å². The molecule has 0 unspecified atom stereocenters. The molecule has 0 aliphatic carbocycles. The maximum atomic E-state index is 12.1. The molecule has 0 radical (unpaired) electrons. The predicted octanol–water partition coefficient (Wildman–Crippen LogP) is 3.89. The molecule has 1 aromatic heterocycles. The lowest BCUT2D eigenvalue weighted by atomic mass is 10.1. The van der Waals surface area contributed by atoms with Gasteiger partial charge in [0, 0.05) is 21.7 Å². The van der Waals surface area contributed by atoms with Crippen LogP contribution < -0.4 is 10.6 Å². The maximum absolute atomic E-state index is 12.1. The quantitative estimate of drug-likeness (QED) is 0.603. The number of ketones is 1. The van der Waals surface area contributed by atoms with Crippen LogP contribution >= 0.6 is 11.3 Å². The number of phenolic OH excluding ortho intramolecular Hbond substituents is 1. The first kappa shape index (κ1) is 18.6. The summed E-state index contributed by atoms with van der Waals surface area (Å²) in [7, 11) is 0. The number of aromatic nitrogens is 1. The predicted molar refractivity (Wildman–Crippen MR) is 107 cm³/mol. The molecule has 0 fully saturated rings. The molecule has 0 saturated heterocycles. The number of Topliss-reactive ketones (excluding diaryl/α,β-unsaturated/α-hetero) is 1. The van der Waals surface area contributed by atoms with Gasteiger partial charge in [0.05, 0.1) is 12.2 Å². The Morgan fingerprint density at radius 2 is 1.89 bits per heavy atom. The fraction of sp³-hybridized carbons (Fsp3) is 0.150. The summed E-state index contributed by atoms with van der Waals surface area (Å²) in [4.78, 5) is 28.8. The number of amides is 1. The van der Waals surface area contributed by atoms with E-state index in [-0.39, 0.29) is 24.0 Å². The van der Waals surface area contributed by atoms with Crippen LogP contribution in [0.25, 0.3) is 11.3 Å². The van der Waals surface area contributed by atoms with Crippen molar-refractivity contribution in [3.8, 4) is 17.0 Å². The summed E-state index contributed by atoms with van der Waals surface area (Å²) in [5.74, 6) is -0.184. The van der Waals surface area contributed by atoms with Gasteiger partial charge < -0.3 is 15.7 Å². The highest BCUT2D eigenvalue weighted by atomic mass is 32.1. The molecule has 138 valence electrons. The van der Waals surface area contributed by atoms with Gasteiger partial charge in [-0.05, 0) is 56.3 Å². The lowest BCUT2D eigenvalue weighted by molar-refractivity contribution is -0.116. The number of nitrogens with one attached hydrogen (secondary N) is 2. The second-order valence-electron chi connectivity index (χ2n) is 6.06. The molecule has 1 amide bonds. The van der Waals surface area contributed by atoms with Crippen molar-refractivity contribution in [2.75, 3.05) is 11.9 Å². The Morgan fingerprint density at radius 3 is 2.59 bits per heavy atom. The number of benzene rings is 2. The van der Waals surface area contributed by atoms with Crippen molar-refractivity contribution >= 4 is 33.8 Å². The van der Waals surface area contributed by atoms with Crippen LogP contribution in [0.4, 0.5) is 10.8 Å². The number of carbonyl (C=O) groups is 2. The highest BCUT2D eigenvalue weighted by Gasteiger charge is 2.11. The molecule has 3 N–H and O–H groups in total. The summed E-state index contributed by atoms with van der Waals surface area (Å²) >= 11 is 1.51. The van der Waals surface area contributed by atoms with E-state index in [9.17, 15) is 14.7 Å². The number of phenols is 1. The van der Waals surface area contributed by atoms with E-state index >= 15 is 0 Å². The average molecular weight is 381 g/mol. The monoisotopic (exact) mass is 381 g/mol. The van der Waals surface area contributed by atoms with Gasteiger partial charge in [-0.1, -0.05) is 6.07 Å². The molecule has 0 aliphatic rings. The zero-order valence-corrected chi connectivity index (χ0v) is 15.8. The Bertz CT molecular complexity index is 980. The zero-order chi connectivity index (χ0) is 19.4. The van der Waals surface area contributed by atoms with Crippen LogP contribution in [-0.2, 0) is 4.79 Å². The van der Waals surface area contributed by atoms with Crippen molar-refractivity contribution < 1.29 is 14.7 Å². The summed E-state index contributed by atoms with van der Waals surface area (Å²) in [6, 6.07) is 13.9. The molecule has 0 aliphatic heterocycles. The Hall–Kier alpha value is -3.19. The number of hydrogen-bond donors (Lipinski definition) is 3. The Morgan fingerprint density at radius 1 is 1.15 bits per heavy atom. The van der Waals surface area contributed by atoms with Crippen LogP contribution in [0.3, 0.4) is 0 Å². The van der Waals surface area contributed by atoms with Crippen LogP contribution in [0.15, 0.2) is 48.5 Å². The van der Waals surface area contributed by atoms with Gasteiger partial charge in [-0.3, -0.25) is 9.59 Å². The number of carbonyl (C=O) groups excluding carboxylic acids is 2. The van der Waals surface area contributed by atoms with Crippen molar-refractivity contribution in [2.24, 2.45) is 0 Å². The number of rotatable bonds is 6. The minimum absolute atomic E-state index is 0.0121. The fourth-order valence-electron chi connectivity index (χ4n) is 2.51. The van der Waals surface area contributed by atoms with Crippen molar-refractivity contribution in [1.29, 1.82) is 0 Å². The number of aromatic hydroxyl groups is 1. The lowest BCUT2D eigenvalue weighted by Gasteiger charge is -2.06. The summed E-state index contributed by atoms with van der Waals surface area (Å²) < 4.78 is 0. The summed E-state index contributed by atoms with van der Waals surface area (Å²) in [6.45, 7) is 3.42. The molecule has 2 aromatic carbocycles. The van der Waals surface area contributed by atoms with Gasteiger partial charge in [0.15, 0.2) is 5.13 Å². The lowest BCUT2D eigenvalue weighted by Crippen LogP contribution is -2.28. The molecule has 0 bridgehead atoms. The smallest absolute Gasteiger partial charge is 0.251 e. The number of anilines is 2. The van der Waals surface area contributed by atoms with Crippen LogP contribution in [0.1, 0.15) is 22.2 Å². The third kappa shape index (κ3) is 4.71. The molecular formula is C20H19N3O3S. The number of thiazole rings is 1. The minimum atomic E-state index is -0.297. The van der Waals surface area contributed by atoms with E-state index in [1.807, 2.05) is 25.1 Å². The minimum Gasteiger partial charge on any atom is -0.508 e. The first-order valence-corrected chi connectivity index (χ1v) is 9.15. The second kappa shape index (κ2) is 8.01. The number of nitrogens with zero attached hydrogens (tertiary/aromatic N) is 1. The van der Waals surface area contributed by atoms with Gasteiger partial charge in [0.2, 0.25) is 0 Å². The van der Waals surface area contributed by atoms with Gasteiger partial charge in [0.1, 0.15) is 11.5 Å². The largest absolute Gasteiger partial charge is 0.508 e. The summed E-state index contributed by atoms with van der Waals surface area (Å²) in [5, 5.41) is 15.9. The molecule has 7 heteroatoms. The standard InChI is InChI=1S/C20H19N3O3S/c1-12(24)11-21-19(26)15-4-3-5-16(10-15)22-20-23-18(13(2)27-20)14-6-8-17(25)9-7-14/h3-10,25H,11H2,1-2H3,(H,21,26)(H,22,23). The van der Waals surface area contributed by atoms with Crippen LogP contribution in [0.2, 0.25) is 0 Å². The van der Waals surface area contributed by atoms with Gasteiger partial charge in [0.25, 0.3) is 5.91 Å². The van der Waals surface area contributed by atoms with E-state index in [0.29, 0.717) is 10.7 Å². The molecule has 27 heavy (non-hydrogen) atoms. The van der Waals surface area contributed by atoms with Crippen molar-refractivity contribution in [2.45, 2.75) is 13.8 Å². The molecule has 0 spiro atoms. The van der Waals surface area contributed by atoms with Crippen molar-refractivity contribution in [1.82, 2.24) is 10.3 Å². The number of aryl methyl sites for hydroxylation is 1. The Labute approximate surface area is 160 Å². The van der Waals surface area contributed by atoms with Gasteiger partial charge in [-0.25, -0.2) is 4.98 Å². The number of hydrogen-bond acceptors (Lipinski definition) is 6. The normalized spacial score (nSPS) is 10.4. The van der Waals surface area contributed by atoms with E-state index in [2.05, 4.69) is 15.6 Å². The Balaban J connectivity index is 1.77. The van der Waals surface area contributed by atoms with E-state index in [0.717, 1.165) is 21.8 Å².